The molecule has 0 aliphatic carbocycles. The molecule has 0 bridgehead atoms. The van der Waals surface area contributed by atoms with Crippen molar-refractivity contribution in [2.45, 2.75) is 0 Å². The number of rotatable bonds is 0. The SMILES string of the molecule is [Cl-].[Cl-].[Cl-].[Cl-].[F-].[Sb]. The van der Waals surface area contributed by atoms with Gasteiger partial charge in [0.15, 0.2) is 0 Å². The third-order valence-electron chi connectivity index (χ3n) is 0. The van der Waals surface area contributed by atoms with Crippen molar-refractivity contribution in [1.82, 2.24) is 0 Å². The van der Waals surface area contributed by atoms with Crippen LogP contribution in [0.15, 0.2) is 0 Å². The van der Waals surface area contributed by atoms with Gasteiger partial charge in [0, 0.05) is 24.4 Å². The van der Waals surface area contributed by atoms with Crippen LogP contribution in [0.5, 0.6) is 0 Å². The summed E-state index contributed by atoms with van der Waals surface area (Å²) < 4.78 is 0. The molecular formula is Cl4FSb-5. The molecular weight excluding hydrogens is 283 g/mol. The van der Waals surface area contributed by atoms with Crippen LogP contribution in [0.25, 0.3) is 0 Å². The van der Waals surface area contributed by atoms with Gasteiger partial charge < -0.3 is 54.3 Å². The van der Waals surface area contributed by atoms with Crippen molar-refractivity contribution < 1.29 is 54.3 Å². The fourth-order valence-corrected chi connectivity index (χ4v) is 0. The minimum atomic E-state index is 0. The molecule has 6 heavy (non-hydrogen) atoms. The van der Waals surface area contributed by atoms with Crippen molar-refractivity contribution in [3.8, 4) is 0 Å². The summed E-state index contributed by atoms with van der Waals surface area (Å²) >= 11 is 0. The van der Waals surface area contributed by atoms with E-state index in [-0.39, 0.29) is 78.8 Å². The Morgan fingerprint density at radius 3 is 0.500 bits per heavy atom. The van der Waals surface area contributed by atoms with Crippen LogP contribution in [0, 0.1) is 0 Å². The van der Waals surface area contributed by atoms with Gasteiger partial charge in [0.25, 0.3) is 0 Å². The number of halogens is 5. The van der Waals surface area contributed by atoms with Crippen LogP contribution in [-0.4, -0.2) is 24.4 Å². The van der Waals surface area contributed by atoms with Gasteiger partial charge in [-0.1, -0.05) is 0 Å². The summed E-state index contributed by atoms with van der Waals surface area (Å²) in [7, 11) is 0. The predicted octanol–water partition coefficient (Wildman–Crippen LogP) is -15.4. The molecule has 0 atom stereocenters. The smallest absolute Gasteiger partial charge is 0 e. The Bertz CT molecular complexity index is 7.51. The van der Waals surface area contributed by atoms with Crippen LogP contribution < -0.4 is 54.3 Å². The van der Waals surface area contributed by atoms with E-state index in [2.05, 4.69) is 0 Å². The molecule has 0 aliphatic rings. The maximum absolute atomic E-state index is 0. The van der Waals surface area contributed by atoms with Crippen molar-refractivity contribution >= 4 is 24.4 Å². The number of hydrogen-bond donors (Lipinski definition) is 0. The summed E-state index contributed by atoms with van der Waals surface area (Å²) in [4.78, 5) is 0. The van der Waals surface area contributed by atoms with Crippen LogP contribution in [0.4, 0.5) is 0 Å². The van der Waals surface area contributed by atoms with Crippen LogP contribution >= 0.6 is 0 Å². The molecule has 0 unspecified atom stereocenters. The first-order valence-electron chi connectivity index (χ1n) is 0. The van der Waals surface area contributed by atoms with Gasteiger partial charge in [-0.05, 0) is 0 Å². The monoisotopic (exact) mass is 280 g/mol. The van der Waals surface area contributed by atoms with E-state index >= 15 is 0 Å². The molecule has 6 heteroatoms. The summed E-state index contributed by atoms with van der Waals surface area (Å²) in [5.74, 6) is 0. The second-order valence-electron chi connectivity index (χ2n) is 0. The molecule has 3 radical (unpaired) electrons. The van der Waals surface area contributed by atoms with Gasteiger partial charge in [0.1, 0.15) is 0 Å². The maximum Gasteiger partial charge on any atom is 0 e. The Kier molecular flexibility index (Phi) is 1140. The zero-order chi connectivity index (χ0) is 0. The van der Waals surface area contributed by atoms with E-state index in [9.17, 15) is 0 Å². The van der Waals surface area contributed by atoms with E-state index in [1.54, 1.807) is 0 Å². The van der Waals surface area contributed by atoms with Crippen LogP contribution in [0.2, 0.25) is 0 Å². The molecule has 0 saturated heterocycles. The normalized spacial score (nSPS) is 0. The third-order valence-corrected chi connectivity index (χ3v) is 0. The molecule has 0 saturated carbocycles. The molecule has 0 aliphatic heterocycles. The Labute approximate surface area is 78.3 Å². The van der Waals surface area contributed by atoms with Crippen molar-refractivity contribution in [3.63, 3.8) is 0 Å². The van der Waals surface area contributed by atoms with Crippen molar-refractivity contribution in [2.24, 2.45) is 0 Å². The van der Waals surface area contributed by atoms with E-state index in [1.807, 2.05) is 0 Å². The molecule has 0 fully saturated rings. The van der Waals surface area contributed by atoms with Gasteiger partial charge in [0.05, 0.1) is 0 Å². The summed E-state index contributed by atoms with van der Waals surface area (Å²) in [6.07, 6.45) is 0. The Balaban J connectivity index is 0. The van der Waals surface area contributed by atoms with E-state index in [0.717, 1.165) is 0 Å². The van der Waals surface area contributed by atoms with Crippen LogP contribution in [-0.2, 0) is 0 Å². The van der Waals surface area contributed by atoms with Crippen molar-refractivity contribution in [1.29, 1.82) is 0 Å². The van der Waals surface area contributed by atoms with E-state index in [0.29, 0.717) is 0 Å². The Morgan fingerprint density at radius 2 is 0.500 bits per heavy atom. The minimum Gasteiger partial charge on any atom is -1.00 e. The molecule has 0 aromatic heterocycles. The zero-order valence-corrected chi connectivity index (χ0v) is 7.91. The second-order valence-corrected chi connectivity index (χ2v) is 0. The van der Waals surface area contributed by atoms with E-state index < -0.39 is 0 Å². The van der Waals surface area contributed by atoms with Gasteiger partial charge in [-0.15, -0.1) is 0 Å². The third kappa shape index (κ3) is 39.1. The molecule has 0 aromatic rings. The largest absolute Gasteiger partial charge is 1.00 e. The maximum atomic E-state index is 0. The zero-order valence-electron chi connectivity index (χ0n) is 2.34. The van der Waals surface area contributed by atoms with Gasteiger partial charge in [0.2, 0.25) is 0 Å². The summed E-state index contributed by atoms with van der Waals surface area (Å²) in [5.41, 5.74) is 0. The van der Waals surface area contributed by atoms with E-state index in [1.165, 1.54) is 0 Å². The van der Waals surface area contributed by atoms with Gasteiger partial charge in [-0.25, -0.2) is 0 Å². The molecule has 0 nitrogen and oxygen atoms in total. The van der Waals surface area contributed by atoms with Crippen molar-refractivity contribution in [3.05, 3.63) is 0 Å². The topological polar surface area (TPSA) is 0 Å². The number of hydrogen-bond acceptors (Lipinski definition) is 0. The minimum absolute atomic E-state index is 0. The molecule has 45 valence electrons. The summed E-state index contributed by atoms with van der Waals surface area (Å²) in [5, 5.41) is 0. The Morgan fingerprint density at radius 1 is 0.500 bits per heavy atom. The summed E-state index contributed by atoms with van der Waals surface area (Å²) in [6.45, 7) is 0. The fraction of sp³-hybridized carbons (Fsp3) is 0. The van der Waals surface area contributed by atoms with Gasteiger partial charge >= 0.3 is 0 Å². The standard InChI is InChI=1S/4ClH.FH.Sb/h5*1H;/p-5. The molecule has 0 N–H and O–H groups in total. The molecule has 0 aromatic carbocycles. The molecule has 0 rings (SSSR count). The fourth-order valence-electron chi connectivity index (χ4n) is 0. The average Bonchev–Trinajstić information content (AvgIpc) is 0. The molecule has 0 amide bonds. The van der Waals surface area contributed by atoms with Crippen LogP contribution in [0.3, 0.4) is 0 Å². The first-order valence-corrected chi connectivity index (χ1v) is 0. The molecule has 0 spiro atoms. The van der Waals surface area contributed by atoms with Gasteiger partial charge in [-0.3, -0.25) is 0 Å². The quantitative estimate of drug-likeness (QED) is 0.387. The average molecular weight is 283 g/mol. The summed E-state index contributed by atoms with van der Waals surface area (Å²) in [6, 6.07) is 0. The molecule has 0 heterocycles. The predicted molar refractivity (Wildman–Crippen MR) is 5.75 cm³/mol. The second kappa shape index (κ2) is 66.2. The van der Waals surface area contributed by atoms with Gasteiger partial charge in [-0.2, -0.15) is 0 Å². The van der Waals surface area contributed by atoms with Crippen LogP contribution in [0.1, 0.15) is 0 Å². The van der Waals surface area contributed by atoms with E-state index in [4.69, 9.17) is 0 Å². The van der Waals surface area contributed by atoms with Crippen molar-refractivity contribution in [2.75, 3.05) is 0 Å². The first kappa shape index (κ1) is 104. The first-order chi connectivity index (χ1) is 0. The Hall–Kier alpha value is 1.91.